The minimum atomic E-state index is -0.188. The number of hydrogen-bond donors (Lipinski definition) is 2. The Bertz CT molecular complexity index is 721. The predicted molar refractivity (Wildman–Crippen MR) is 106 cm³/mol. The molecule has 3 rings (SSSR count). The molecule has 0 atom stereocenters. The van der Waals surface area contributed by atoms with Gasteiger partial charge in [0.2, 0.25) is 5.91 Å². The molecule has 0 aliphatic heterocycles. The number of aryl methyl sites for hydroxylation is 1. The lowest BCUT2D eigenvalue weighted by Gasteiger charge is -2.02. The average Bonchev–Trinajstić information content (AvgIpc) is 3.01. The van der Waals surface area contributed by atoms with E-state index in [1.54, 1.807) is 18.2 Å². The highest BCUT2D eigenvalue weighted by molar-refractivity contribution is 5.90. The van der Waals surface area contributed by atoms with Crippen molar-refractivity contribution in [2.75, 3.05) is 5.32 Å². The number of amides is 1. The van der Waals surface area contributed by atoms with Gasteiger partial charge in [0.05, 0.1) is 5.69 Å². The molecule has 0 unspecified atom stereocenters. The molecule has 6 heteroatoms. The minimum Gasteiger partial charge on any atom is -0.870 e. The van der Waals surface area contributed by atoms with Gasteiger partial charge < -0.3 is 20.3 Å². The molecule has 0 aliphatic rings. The van der Waals surface area contributed by atoms with Crippen LogP contribution in [0.25, 0.3) is 11.1 Å². The van der Waals surface area contributed by atoms with Gasteiger partial charge in [-0.1, -0.05) is 52.0 Å². The Balaban J connectivity index is 0. The van der Waals surface area contributed by atoms with Gasteiger partial charge >= 0.3 is 0 Å². The van der Waals surface area contributed by atoms with Gasteiger partial charge in [-0.25, -0.2) is 4.98 Å². The molecule has 1 aromatic heterocycles. The van der Waals surface area contributed by atoms with Crippen LogP contribution >= 0.6 is 0 Å². The average molecular weight is 361 g/mol. The molecule has 0 saturated carbocycles. The van der Waals surface area contributed by atoms with Crippen molar-refractivity contribution in [1.29, 1.82) is 0 Å². The van der Waals surface area contributed by atoms with Crippen LogP contribution in [0.2, 0.25) is 0 Å². The lowest BCUT2D eigenvalue weighted by atomic mass is 10.3. The van der Waals surface area contributed by atoms with Gasteiger partial charge in [-0.15, -0.1) is 0 Å². The van der Waals surface area contributed by atoms with Gasteiger partial charge in [0, 0.05) is 13.8 Å². The molecule has 26 heavy (non-hydrogen) atoms. The van der Waals surface area contributed by atoms with Crippen molar-refractivity contribution in [3.63, 3.8) is 0 Å². The molecule has 0 saturated heterocycles. The van der Waals surface area contributed by atoms with Crippen LogP contribution in [0.4, 0.5) is 5.69 Å². The Labute approximate surface area is 155 Å². The molecule has 1 amide bonds. The fourth-order valence-corrected chi connectivity index (χ4v) is 1.76. The van der Waals surface area contributed by atoms with Gasteiger partial charge in [0.15, 0.2) is 11.5 Å². The molecular weight excluding hydrogens is 332 g/mol. The van der Waals surface area contributed by atoms with Crippen molar-refractivity contribution in [3.8, 4) is 5.75 Å². The number of oxazole rings is 1. The Kier molecular flexibility index (Phi) is 14.1. The van der Waals surface area contributed by atoms with Gasteiger partial charge in [-0.05, 0) is 24.3 Å². The molecule has 144 valence electrons. The molecule has 6 nitrogen and oxygen atoms in total. The van der Waals surface area contributed by atoms with Gasteiger partial charge in [-0.3, -0.25) is 4.79 Å². The number of hydrogen-bond acceptors (Lipinski definition) is 5. The van der Waals surface area contributed by atoms with Crippen molar-refractivity contribution in [2.45, 2.75) is 41.5 Å². The van der Waals surface area contributed by atoms with Crippen LogP contribution in [0.5, 0.6) is 5.75 Å². The standard InChI is InChI=1S/C8H9NO2.C8H7NO.2C2H6.H2O/c1-6(10)9-7-4-2-3-5-8(7)11;1-6-9-7-4-2-3-5-8(7)10-6;2*1-2;/h2-5,11H,1H3,(H,9,10);2-5H,1H3;2*1-2H3;1H2/p-1. The molecule has 0 spiro atoms. The minimum absolute atomic E-state index is 0. The van der Waals surface area contributed by atoms with Gasteiger partial charge in [0.1, 0.15) is 11.3 Å². The predicted octanol–water partition coefficient (Wildman–Crippen LogP) is 5.36. The number of anilines is 1. The van der Waals surface area contributed by atoms with Crippen molar-refractivity contribution >= 4 is 22.7 Å². The van der Waals surface area contributed by atoms with E-state index in [0.29, 0.717) is 5.69 Å². The van der Waals surface area contributed by atoms with Crippen molar-refractivity contribution in [3.05, 3.63) is 54.4 Å². The van der Waals surface area contributed by atoms with Crippen LogP contribution in [0, 0.1) is 6.92 Å². The summed E-state index contributed by atoms with van der Waals surface area (Å²) in [6.45, 7) is 11.2. The summed E-state index contributed by atoms with van der Waals surface area (Å²) in [7, 11) is 0. The van der Waals surface area contributed by atoms with E-state index in [4.69, 9.17) is 9.52 Å². The van der Waals surface area contributed by atoms with Crippen molar-refractivity contribution < 1.29 is 19.8 Å². The van der Waals surface area contributed by atoms with E-state index >= 15 is 0 Å². The van der Waals surface area contributed by atoms with Crippen LogP contribution in [-0.2, 0) is 4.79 Å². The molecule has 0 aliphatic carbocycles. The third kappa shape index (κ3) is 8.84. The molecule has 3 aromatic rings. The fraction of sp³-hybridized carbons (Fsp3) is 0.300. The Hall–Kier alpha value is -2.86. The highest BCUT2D eigenvalue weighted by Gasteiger charge is 1.99. The third-order valence-corrected chi connectivity index (χ3v) is 2.62. The molecular formula is C20H29N2O4-. The number of phenols is 1. The first-order valence-electron chi connectivity index (χ1n) is 8.44. The SMILES string of the molecule is CC.CC.CC(=O)Nc1ccccc1O.Cc1nc2ccccc2o1.[OH-]. The summed E-state index contributed by atoms with van der Waals surface area (Å²) in [5.41, 5.74) is 2.24. The maximum absolute atomic E-state index is 10.5. The number of aromatic hydroxyl groups is 1. The first-order chi connectivity index (χ1) is 12.1. The summed E-state index contributed by atoms with van der Waals surface area (Å²) in [4.78, 5) is 14.7. The number of carbonyl (C=O) groups excluding carboxylic acids is 1. The topological polar surface area (TPSA) is 105 Å². The van der Waals surface area contributed by atoms with E-state index < -0.39 is 0 Å². The summed E-state index contributed by atoms with van der Waals surface area (Å²) in [6, 6.07) is 14.3. The summed E-state index contributed by atoms with van der Waals surface area (Å²) >= 11 is 0. The second-order valence-corrected chi connectivity index (χ2v) is 4.40. The summed E-state index contributed by atoms with van der Waals surface area (Å²) in [5, 5.41) is 11.6. The highest BCUT2D eigenvalue weighted by Crippen LogP contribution is 2.20. The van der Waals surface area contributed by atoms with E-state index in [-0.39, 0.29) is 17.1 Å². The van der Waals surface area contributed by atoms with Crippen molar-refractivity contribution in [1.82, 2.24) is 4.98 Å². The van der Waals surface area contributed by atoms with Crippen molar-refractivity contribution in [2.24, 2.45) is 0 Å². The Morgan fingerprint density at radius 1 is 1.00 bits per heavy atom. The lowest BCUT2D eigenvalue weighted by molar-refractivity contribution is -0.114. The summed E-state index contributed by atoms with van der Waals surface area (Å²) < 4.78 is 5.26. The Morgan fingerprint density at radius 3 is 2.08 bits per heavy atom. The molecule has 2 aromatic carbocycles. The monoisotopic (exact) mass is 361 g/mol. The number of nitrogens with one attached hydrogen (secondary N) is 1. The second-order valence-electron chi connectivity index (χ2n) is 4.40. The maximum atomic E-state index is 10.5. The molecule has 1 heterocycles. The molecule has 3 N–H and O–H groups in total. The van der Waals surface area contributed by atoms with E-state index in [0.717, 1.165) is 17.0 Å². The fourth-order valence-electron chi connectivity index (χ4n) is 1.76. The zero-order valence-corrected chi connectivity index (χ0v) is 16.3. The zero-order chi connectivity index (χ0) is 19.2. The number of nitrogens with zero attached hydrogens (tertiary/aromatic N) is 1. The Morgan fingerprint density at radius 2 is 1.54 bits per heavy atom. The van der Waals surface area contributed by atoms with Crippen LogP contribution in [0.15, 0.2) is 52.9 Å². The molecule has 0 radical (unpaired) electrons. The molecule has 0 bridgehead atoms. The number of benzene rings is 2. The quantitative estimate of drug-likeness (QED) is 0.567. The number of phenolic OH excluding ortho intramolecular Hbond substituents is 1. The van der Waals surface area contributed by atoms with Crippen LogP contribution < -0.4 is 5.32 Å². The second kappa shape index (κ2) is 14.5. The maximum Gasteiger partial charge on any atom is 0.221 e. The lowest BCUT2D eigenvalue weighted by Crippen LogP contribution is -2.05. The van der Waals surface area contributed by atoms with Crippen LogP contribution in [0.1, 0.15) is 40.5 Å². The largest absolute Gasteiger partial charge is 0.870 e. The first kappa shape index (κ1) is 25.4. The number of carbonyl (C=O) groups is 1. The third-order valence-electron chi connectivity index (χ3n) is 2.62. The number of para-hydroxylation sites is 4. The summed E-state index contributed by atoms with van der Waals surface area (Å²) in [6.07, 6.45) is 0. The van der Waals surface area contributed by atoms with Crippen LogP contribution in [-0.4, -0.2) is 21.5 Å². The zero-order valence-electron chi connectivity index (χ0n) is 16.3. The van der Waals surface area contributed by atoms with E-state index in [1.807, 2.05) is 58.9 Å². The normalized spacial score (nSPS) is 8.38. The summed E-state index contributed by atoms with van der Waals surface area (Å²) in [5.74, 6) is 0.621. The molecule has 0 fully saturated rings. The number of fused-ring (bicyclic) bond motifs is 1. The van der Waals surface area contributed by atoms with E-state index in [2.05, 4.69) is 10.3 Å². The van der Waals surface area contributed by atoms with Gasteiger partial charge in [0.25, 0.3) is 0 Å². The smallest absolute Gasteiger partial charge is 0.221 e. The first-order valence-corrected chi connectivity index (χ1v) is 8.44. The van der Waals surface area contributed by atoms with E-state index in [9.17, 15) is 4.79 Å². The van der Waals surface area contributed by atoms with E-state index in [1.165, 1.54) is 13.0 Å². The number of rotatable bonds is 1. The highest BCUT2D eigenvalue weighted by atomic mass is 16.3. The van der Waals surface area contributed by atoms with Crippen LogP contribution in [0.3, 0.4) is 0 Å². The number of aromatic nitrogens is 1. The van der Waals surface area contributed by atoms with Gasteiger partial charge in [-0.2, -0.15) is 0 Å².